The van der Waals surface area contributed by atoms with Gasteiger partial charge in [0.1, 0.15) is 5.82 Å². The highest BCUT2D eigenvalue weighted by molar-refractivity contribution is 5.79. The highest BCUT2D eigenvalue weighted by atomic mass is 16.5. The van der Waals surface area contributed by atoms with Gasteiger partial charge in [-0.15, -0.1) is 0 Å². The molecule has 1 aliphatic rings. The van der Waals surface area contributed by atoms with Crippen molar-refractivity contribution in [3.8, 4) is 0 Å². The zero-order valence-corrected chi connectivity index (χ0v) is 18.1. The van der Waals surface area contributed by atoms with E-state index in [1.54, 1.807) is 0 Å². The van der Waals surface area contributed by atoms with Crippen molar-refractivity contribution in [3.05, 3.63) is 59.3 Å². The molecule has 1 aliphatic heterocycles. The molecule has 1 unspecified atom stereocenters. The summed E-state index contributed by atoms with van der Waals surface area (Å²) in [5.41, 5.74) is 3.83. The van der Waals surface area contributed by atoms with Crippen LogP contribution in [0.2, 0.25) is 0 Å². The Hall–Kier alpha value is -2.60. The second-order valence-corrected chi connectivity index (χ2v) is 7.58. The summed E-state index contributed by atoms with van der Waals surface area (Å²) in [4.78, 5) is 13.4. The Balaban J connectivity index is 1.57. The monoisotopic (exact) mass is 395 g/mol. The van der Waals surface area contributed by atoms with Crippen molar-refractivity contribution in [3.63, 3.8) is 0 Å². The fourth-order valence-electron chi connectivity index (χ4n) is 3.56. The molecule has 1 fully saturated rings. The number of aromatic nitrogens is 1. The van der Waals surface area contributed by atoms with Gasteiger partial charge in [0.05, 0.1) is 12.7 Å². The summed E-state index contributed by atoms with van der Waals surface area (Å²) in [6, 6.07) is 13.0. The third-order valence-electron chi connectivity index (χ3n) is 5.25. The molecule has 0 spiro atoms. The number of pyridine rings is 1. The number of rotatable bonds is 6. The van der Waals surface area contributed by atoms with E-state index in [9.17, 15) is 0 Å². The molecule has 0 amide bonds. The lowest BCUT2D eigenvalue weighted by Gasteiger charge is -2.32. The normalized spacial score (nSPS) is 17.3. The first kappa shape index (κ1) is 21.1. The topological polar surface area (TPSA) is 53.0 Å². The number of nitrogens with one attached hydrogen (secondary N) is 1. The Kier molecular flexibility index (Phi) is 7.47. The first-order valence-electron chi connectivity index (χ1n) is 10.4. The number of anilines is 1. The van der Waals surface area contributed by atoms with Crippen LogP contribution in [-0.2, 0) is 24.2 Å². The molecule has 6 nitrogen and oxygen atoms in total. The molecule has 156 valence electrons. The van der Waals surface area contributed by atoms with E-state index in [2.05, 4.69) is 82.4 Å². The van der Waals surface area contributed by atoms with Crippen molar-refractivity contribution in [1.82, 2.24) is 15.2 Å². The summed E-state index contributed by atoms with van der Waals surface area (Å²) in [5.74, 6) is 1.89. The molecule has 0 aliphatic carbocycles. The molecule has 1 atom stereocenters. The Bertz CT molecular complexity index is 805. The van der Waals surface area contributed by atoms with Crippen LogP contribution in [0.3, 0.4) is 0 Å². The summed E-state index contributed by atoms with van der Waals surface area (Å²) in [6.07, 6.45) is 3.19. The van der Waals surface area contributed by atoms with Gasteiger partial charge in [0.15, 0.2) is 5.96 Å². The van der Waals surface area contributed by atoms with Crippen LogP contribution in [0.4, 0.5) is 5.82 Å². The van der Waals surface area contributed by atoms with Crippen molar-refractivity contribution in [2.45, 2.75) is 39.5 Å². The fraction of sp³-hybridized carbons (Fsp3) is 0.478. The van der Waals surface area contributed by atoms with Gasteiger partial charge in [0.2, 0.25) is 0 Å². The number of guanidine groups is 1. The molecule has 2 aromatic rings. The molecular weight excluding hydrogens is 362 g/mol. The van der Waals surface area contributed by atoms with Gasteiger partial charge in [0.25, 0.3) is 0 Å². The summed E-state index contributed by atoms with van der Waals surface area (Å²) in [7, 11) is 3.89. The van der Waals surface area contributed by atoms with E-state index >= 15 is 0 Å². The maximum atomic E-state index is 5.64. The largest absolute Gasteiger partial charge is 0.375 e. The van der Waals surface area contributed by atoms with Crippen LogP contribution in [0.1, 0.15) is 30.5 Å². The number of ether oxygens (including phenoxy) is 1. The maximum absolute atomic E-state index is 5.64. The molecule has 0 bridgehead atoms. The van der Waals surface area contributed by atoms with Crippen molar-refractivity contribution < 1.29 is 4.74 Å². The molecular formula is C23H33N5O. The van der Waals surface area contributed by atoms with Crippen molar-refractivity contribution in [2.75, 3.05) is 38.7 Å². The molecule has 1 aromatic carbocycles. The van der Waals surface area contributed by atoms with Gasteiger partial charge in [0, 0.05) is 46.5 Å². The molecule has 29 heavy (non-hydrogen) atoms. The smallest absolute Gasteiger partial charge is 0.193 e. The van der Waals surface area contributed by atoms with Crippen LogP contribution in [0.5, 0.6) is 0 Å². The quantitative estimate of drug-likeness (QED) is 0.602. The molecule has 2 heterocycles. The van der Waals surface area contributed by atoms with E-state index in [1.807, 2.05) is 13.2 Å². The predicted molar refractivity (Wildman–Crippen MR) is 119 cm³/mol. The first-order chi connectivity index (χ1) is 14.1. The number of hydrogen-bond donors (Lipinski definition) is 1. The summed E-state index contributed by atoms with van der Waals surface area (Å²) in [6.45, 7) is 8.32. The second-order valence-electron chi connectivity index (χ2n) is 7.58. The zero-order valence-electron chi connectivity index (χ0n) is 18.1. The van der Waals surface area contributed by atoms with Gasteiger partial charge in [-0.1, -0.05) is 31.2 Å². The lowest BCUT2D eigenvalue weighted by Crippen LogP contribution is -2.41. The SMILES string of the molecule is CCc1ccc(CN(C)C(=NC)NCc2ccnc(N3CCOC(C)C3)c2)cc1. The lowest BCUT2D eigenvalue weighted by molar-refractivity contribution is 0.0529. The van der Waals surface area contributed by atoms with Gasteiger partial charge in [-0.25, -0.2) is 4.98 Å². The molecule has 1 saturated heterocycles. The third-order valence-corrected chi connectivity index (χ3v) is 5.25. The Morgan fingerprint density at radius 2 is 2.00 bits per heavy atom. The highest BCUT2D eigenvalue weighted by Gasteiger charge is 2.18. The number of aliphatic imine (C=N–C) groups is 1. The Labute approximate surface area is 174 Å². The van der Waals surface area contributed by atoms with E-state index in [1.165, 1.54) is 16.7 Å². The van der Waals surface area contributed by atoms with Crippen LogP contribution in [-0.4, -0.2) is 55.7 Å². The van der Waals surface area contributed by atoms with Gasteiger partial charge in [-0.05, 0) is 42.2 Å². The predicted octanol–water partition coefficient (Wildman–Crippen LogP) is 3.08. The van der Waals surface area contributed by atoms with Crippen molar-refractivity contribution in [1.29, 1.82) is 0 Å². The minimum atomic E-state index is 0.242. The first-order valence-corrected chi connectivity index (χ1v) is 10.4. The second kappa shape index (κ2) is 10.3. The zero-order chi connectivity index (χ0) is 20.6. The average molecular weight is 396 g/mol. The van der Waals surface area contributed by atoms with Crippen molar-refractivity contribution in [2.24, 2.45) is 4.99 Å². The number of nitrogens with zero attached hydrogens (tertiary/aromatic N) is 4. The Morgan fingerprint density at radius 3 is 2.69 bits per heavy atom. The summed E-state index contributed by atoms with van der Waals surface area (Å²) < 4.78 is 5.64. The van der Waals surface area contributed by atoms with Crippen LogP contribution in [0, 0.1) is 0 Å². The van der Waals surface area contributed by atoms with E-state index in [-0.39, 0.29) is 6.10 Å². The van der Waals surface area contributed by atoms with Crippen LogP contribution < -0.4 is 10.2 Å². The molecule has 3 rings (SSSR count). The molecule has 0 radical (unpaired) electrons. The molecule has 1 N–H and O–H groups in total. The van der Waals surface area contributed by atoms with Crippen LogP contribution in [0.25, 0.3) is 0 Å². The van der Waals surface area contributed by atoms with E-state index < -0.39 is 0 Å². The Morgan fingerprint density at radius 1 is 1.24 bits per heavy atom. The lowest BCUT2D eigenvalue weighted by atomic mass is 10.1. The fourth-order valence-corrected chi connectivity index (χ4v) is 3.56. The highest BCUT2D eigenvalue weighted by Crippen LogP contribution is 2.16. The van der Waals surface area contributed by atoms with Gasteiger partial charge < -0.3 is 19.9 Å². The van der Waals surface area contributed by atoms with Crippen LogP contribution in [0.15, 0.2) is 47.6 Å². The standard InChI is InChI=1S/C23H33N5O/c1-5-19-6-8-20(9-7-19)17-27(4)23(24-3)26-15-21-10-11-25-22(14-21)28-12-13-29-18(2)16-28/h6-11,14,18H,5,12-13,15-17H2,1-4H3,(H,24,26). The number of morpholine rings is 1. The maximum Gasteiger partial charge on any atom is 0.193 e. The van der Waals surface area contributed by atoms with E-state index in [0.29, 0.717) is 6.54 Å². The van der Waals surface area contributed by atoms with E-state index in [0.717, 1.165) is 44.4 Å². The van der Waals surface area contributed by atoms with Gasteiger partial charge in [-0.3, -0.25) is 4.99 Å². The number of hydrogen-bond acceptors (Lipinski definition) is 4. The average Bonchev–Trinajstić information content (AvgIpc) is 2.75. The summed E-state index contributed by atoms with van der Waals surface area (Å²) in [5, 5.41) is 3.47. The third kappa shape index (κ3) is 5.94. The summed E-state index contributed by atoms with van der Waals surface area (Å²) >= 11 is 0. The molecule has 1 aromatic heterocycles. The molecule has 6 heteroatoms. The van der Waals surface area contributed by atoms with E-state index in [4.69, 9.17) is 4.74 Å². The number of benzene rings is 1. The number of aryl methyl sites for hydroxylation is 1. The minimum Gasteiger partial charge on any atom is -0.375 e. The molecule has 0 saturated carbocycles. The minimum absolute atomic E-state index is 0.242. The van der Waals surface area contributed by atoms with Crippen LogP contribution >= 0.6 is 0 Å². The van der Waals surface area contributed by atoms with Gasteiger partial charge in [-0.2, -0.15) is 0 Å². The van der Waals surface area contributed by atoms with Crippen molar-refractivity contribution >= 4 is 11.8 Å². The van der Waals surface area contributed by atoms with Gasteiger partial charge >= 0.3 is 0 Å².